The molecule has 6 nitrogen and oxygen atoms in total. The van der Waals surface area contributed by atoms with Crippen molar-refractivity contribution in [3.63, 3.8) is 0 Å². The summed E-state index contributed by atoms with van der Waals surface area (Å²) in [6.45, 7) is 2.57. The molecule has 1 saturated heterocycles. The average Bonchev–Trinajstić information content (AvgIpc) is 3.06. The molecule has 1 amide bonds. The van der Waals surface area contributed by atoms with E-state index in [0.717, 1.165) is 30.2 Å². The molecule has 8 heteroatoms. The zero-order valence-corrected chi connectivity index (χ0v) is 19.7. The smallest absolute Gasteiger partial charge is 0.326 e. The first kappa shape index (κ1) is 23.8. The van der Waals surface area contributed by atoms with E-state index in [-0.39, 0.29) is 12.5 Å². The van der Waals surface area contributed by atoms with E-state index in [1.165, 1.54) is 10.5 Å². The van der Waals surface area contributed by atoms with E-state index in [4.69, 9.17) is 26.4 Å². The summed E-state index contributed by atoms with van der Waals surface area (Å²) in [6.07, 6.45) is 3.24. The van der Waals surface area contributed by atoms with Crippen molar-refractivity contribution in [1.82, 2.24) is 4.90 Å². The molecule has 2 aromatic carbocycles. The van der Waals surface area contributed by atoms with E-state index in [2.05, 4.69) is 12.1 Å². The molecule has 0 radical (unpaired) electrons. The Morgan fingerprint density at radius 3 is 2.62 bits per heavy atom. The van der Waals surface area contributed by atoms with Crippen molar-refractivity contribution in [2.75, 3.05) is 26.9 Å². The molecule has 2 aromatic rings. The number of methoxy groups -OCH3 is 1. The van der Waals surface area contributed by atoms with Crippen molar-refractivity contribution >= 4 is 46.3 Å². The number of hydrogen-bond donors (Lipinski definition) is 0. The van der Waals surface area contributed by atoms with Crippen LogP contribution < -0.4 is 9.47 Å². The lowest BCUT2D eigenvalue weighted by Crippen LogP contribution is -2.34. The number of rotatable bonds is 10. The van der Waals surface area contributed by atoms with Crippen LogP contribution in [0.5, 0.6) is 11.5 Å². The summed E-state index contributed by atoms with van der Waals surface area (Å²) in [6, 6.07) is 15.6. The van der Waals surface area contributed by atoms with E-state index in [1.54, 1.807) is 19.3 Å². The molecule has 0 saturated carbocycles. The van der Waals surface area contributed by atoms with Gasteiger partial charge < -0.3 is 14.2 Å². The van der Waals surface area contributed by atoms with Gasteiger partial charge in [-0.1, -0.05) is 67.3 Å². The fourth-order valence-corrected chi connectivity index (χ4v) is 4.25. The first-order valence-electron chi connectivity index (χ1n) is 10.3. The fraction of sp³-hybridized carbons (Fsp3) is 0.292. The lowest BCUT2D eigenvalue weighted by molar-refractivity contribution is -0.146. The van der Waals surface area contributed by atoms with Gasteiger partial charge in [0.05, 0.1) is 25.2 Å². The fourth-order valence-electron chi connectivity index (χ4n) is 3.00. The molecule has 1 aliphatic rings. The van der Waals surface area contributed by atoms with Gasteiger partial charge in [-0.25, -0.2) is 0 Å². The predicted octanol–water partition coefficient (Wildman–Crippen LogP) is 4.47. The second kappa shape index (κ2) is 11.7. The normalized spacial score (nSPS) is 14.7. The number of carbonyl (C=O) groups excluding carboxylic acids is 2. The number of ether oxygens (including phenoxy) is 3. The summed E-state index contributed by atoms with van der Waals surface area (Å²) in [5.41, 5.74) is 1.97. The van der Waals surface area contributed by atoms with Crippen LogP contribution in [-0.2, 0) is 20.7 Å². The Bertz CT molecular complexity index is 1010. The molecule has 0 aliphatic carbocycles. The zero-order valence-electron chi connectivity index (χ0n) is 18.0. The van der Waals surface area contributed by atoms with Crippen LogP contribution in [0.1, 0.15) is 24.5 Å². The maximum Gasteiger partial charge on any atom is 0.326 e. The van der Waals surface area contributed by atoms with E-state index in [1.807, 2.05) is 37.3 Å². The van der Waals surface area contributed by atoms with Crippen LogP contribution in [0, 0.1) is 0 Å². The van der Waals surface area contributed by atoms with Gasteiger partial charge in [0.15, 0.2) is 11.5 Å². The van der Waals surface area contributed by atoms with Crippen molar-refractivity contribution in [2.24, 2.45) is 0 Å². The molecule has 0 atom stereocenters. The second-order valence-electron chi connectivity index (χ2n) is 6.98. The molecule has 1 fully saturated rings. The van der Waals surface area contributed by atoms with Crippen molar-refractivity contribution in [1.29, 1.82) is 0 Å². The first-order chi connectivity index (χ1) is 15.5. The second-order valence-corrected chi connectivity index (χ2v) is 8.66. The molecule has 0 unspecified atom stereocenters. The average molecular weight is 472 g/mol. The number of benzene rings is 2. The molecule has 3 rings (SSSR count). The van der Waals surface area contributed by atoms with E-state index >= 15 is 0 Å². The van der Waals surface area contributed by atoms with Gasteiger partial charge in [-0.3, -0.25) is 14.5 Å². The third-order valence-electron chi connectivity index (χ3n) is 4.60. The Labute approximate surface area is 197 Å². The Morgan fingerprint density at radius 1 is 1.12 bits per heavy atom. The lowest BCUT2D eigenvalue weighted by atomic mass is 10.1. The zero-order chi connectivity index (χ0) is 22.9. The summed E-state index contributed by atoms with van der Waals surface area (Å²) >= 11 is 6.43. The standard InChI is InChI=1S/C24H25NO5S2/c1-3-12-30-22(26)16-25-23(27)21(32-24(25)31)15-18-9-10-19(20(14-18)28-2)29-13-11-17-7-5-4-6-8-17/h4-10,14-15H,3,11-13,16H2,1-2H3. The molecule has 0 bridgehead atoms. The number of nitrogens with zero attached hydrogens (tertiary/aromatic N) is 1. The highest BCUT2D eigenvalue weighted by atomic mass is 32.2. The Morgan fingerprint density at radius 2 is 1.91 bits per heavy atom. The topological polar surface area (TPSA) is 65.1 Å². The lowest BCUT2D eigenvalue weighted by Gasteiger charge is -2.13. The largest absolute Gasteiger partial charge is 0.493 e. The molecule has 0 spiro atoms. The summed E-state index contributed by atoms with van der Waals surface area (Å²) in [5, 5.41) is 0. The van der Waals surface area contributed by atoms with Gasteiger partial charge in [-0.15, -0.1) is 0 Å². The van der Waals surface area contributed by atoms with Gasteiger partial charge in [0.1, 0.15) is 10.9 Å². The highest BCUT2D eigenvalue weighted by molar-refractivity contribution is 8.26. The van der Waals surface area contributed by atoms with Crippen molar-refractivity contribution in [3.05, 3.63) is 64.6 Å². The van der Waals surface area contributed by atoms with Gasteiger partial charge in [0, 0.05) is 6.42 Å². The third kappa shape index (κ3) is 6.34. The van der Waals surface area contributed by atoms with Crippen molar-refractivity contribution < 1.29 is 23.8 Å². The van der Waals surface area contributed by atoms with Gasteiger partial charge in [-0.05, 0) is 35.8 Å². The number of thiocarbonyl (C=S) groups is 1. The van der Waals surface area contributed by atoms with Gasteiger partial charge >= 0.3 is 5.97 Å². The van der Waals surface area contributed by atoms with Crippen molar-refractivity contribution in [3.8, 4) is 11.5 Å². The van der Waals surface area contributed by atoms with Crippen LogP contribution in [0.4, 0.5) is 0 Å². The van der Waals surface area contributed by atoms with Crippen LogP contribution >= 0.6 is 24.0 Å². The third-order valence-corrected chi connectivity index (χ3v) is 5.98. The predicted molar refractivity (Wildman–Crippen MR) is 130 cm³/mol. The highest BCUT2D eigenvalue weighted by Gasteiger charge is 2.33. The SMILES string of the molecule is CCCOC(=O)CN1C(=O)C(=Cc2ccc(OCCc3ccccc3)c(OC)c2)SC1=S. The first-order valence-corrected chi connectivity index (χ1v) is 11.5. The quantitative estimate of drug-likeness (QED) is 0.288. The molecular weight excluding hydrogens is 446 g/mol. The minimum Gasteiger partial charge on any atom is -0.493 e. The number of carbonyl (C=O) groups is 2. The monoisotopic (exact) mass is 471 g/mol. The number of esters is 1. The van der Waals surface area contributed by atoms with Crippen LogP contribution in [0.3, 0.4) is 0 Å². The number of hydrogen-bond acceptors (Lipinski definition) is 7. The van der Waals surface area contributed by atoms with E-state index in [0.29, 0.717) is 33.9 Å². The minimum atomic E-state index is -0.469. The number of amides is 1. The molecule has 32 heavy (non-hydrogen) atoms. The summed E-state index contributed by atoms with van der Waals surface area (Å²) in [4.78, 5) is 26.3. The van der Waals surface area contributed by atoms with Crippen LogP contribution in [0.25, 0.3) is 6.08 Å². The van der Waals surface area contributed by atoms with Gasteiger partial charge in [-0.2, -0.15) is 0 Å². The molecule has 0 aromatic heterocycles. The van der Waals surface area contributed by atoms with Crippen LogP contribution in [-0.4, -0.2) is 48.0 Å². The maximum atomic E-state index is 12.7. The van der Waals surface area contributed by atoms with Gasteiger partial charge in [0.25, 0.3) is 5.91 Å². The Balaban J connectivity index is 1.65. The Kier molecular flexibility index (Phi) is 8.70. The molecule has 1 aliphatic heterocycles. The number of thioether (sulfide) groups is 1. The highest BCUT2D eigenvalue weighted by Crippen LogP contribution is 2.34. The molecule has 168 valence electrons. The van der Waals surface area contributed by atoms with Crippen LogP contribution in [0.15, 0.2) is 53.4 Å². The van der Waals surface area contributed by atoms with Gasteiger partial charge in [0.2, 0.25) is 0 Å². The van der Waals surface area contributed by atoms with Crippen LogP contribution in [0.2, 0.25) is 0 Å². The molecule has 0 N–H and O–H groups in total. The summed E-state index contributed by atoms with van der Waals surface area (Å²) in [7, 11) is 1.57. The van der Waals surface area contributed by atoms with E-state index in [9.17, 15) is 9.59 Å². The molecular formula is C24H25NO5S2. The minimum absolute atomic E-state index is 0.181. The van der Waals surface area contributed by atoms with E-state index < -0.39 is 5.97 Å². The Hall–Kier alpha value is -2.84. The summed E-state index contributed by atoms with van der Waals surface area (Å²) < 4.78 is 16.8. The molecule has 1 heterocycles. The summed E-state index contributed by atoms with van der Waals surface area (Å²) in [5.74, 6) is 0.427. The van der Waals surface area contributed by atoms with Crippen molar-refractivity contribution in [2.45, 2.75) is 19.8 Å². The maximum absolute atomic E-state index is 12.7.